The summed E-state index contributed by atoms with van der Waals surface area (Å²) in [5.41, 5.74) is 1.92. The van der Waals surface area contributed by atoms with E-state index in [1.165, 1.54) is 29.2 Å². The van der Waals surface area contributed by atoms with Crippen LogP contribution >= 0.6 is 0 Å². The van der Waals surface area contributed by atoms with Gasteiger partial charge >= 0.3 is 0 Å². The predicted octanol–water partition coefficient (Wildman–Crippen LogP) is 6.28. The summed E-state index contributed by atoms with van der Waals surface area (Å²) in [5.74, 6) is -0.895. The number of rotatable bonds is 13. The molecule has 0 heterocycles. The van der Waals surface area contributed by atoms with Gasteiger partial charge in [0.25, 0.3) is 10.0 Å². The maximum absolute atomic E-state index is 14.5. The number of sulfonamides is 1. The Morgan fingerprint density at radius 3 is 2.04 bits per heavy atom. The molecule has 0 unspecified atom stereocenters. The van der Waals surface area contributed by atoms with Crippen molar-refractivity contribution in [3.8, 4) is 5.75 Å². The van der Waals surface area contributed by atoms with Crippen molar-refractivity contribution in [1.29, 1.82) is 0 Å². The number of benzene rings is 4. The summed E-state index contributed by atoms with van der Waals surface area (Å²) >= 11 is 0. The van der Waals surface area contributed by atoms with Crippen molar-refractivity contribution in [1.82, 2.24) is 10.2 Å². The number of nitrogens with zero attached hydrogens (tertiary/aromatic N) is 2. The average Bonchev–Trinajstić information content (AvgIpc) is 3.03. The Morgan fingerprint density at radius 2 is 1.47 bits per heavy atom. The molecule has 0 aromatic heterocycles. The molecular formula is C37H42FN3O5S. The van der Waals surface area contributed by atoms with Crippen molar-refractivity contribution >= 4 is 27.5 Å². The van der Waals surface area contributed by atoms with Crippen LogP contribution in [0.1, 0.15) is 44.4 Å². The lowest BCUT2D eigenvalue weighted by atomic mass is 10.0. The van der Waals surface area contributed by atoms with Gasteiger partial charge in [0.1, 0.15) is 24.2 Å². The van der Waals surface area contributed by atoms with Crippen molar-refractivity contribution < 1.29 is 27.1 Å². The molecule has 4 rings (SSSR count). The summed E-state index contributed by atoms with van der Waals surface area (Å²) in [6.07, 6.45) is 0.170. The molecule has 47 heavy (non-hydrogen) atoms. The molecule has 0 aliphatic carbocycles. The number of ether oxygens (including phenoxy) is 1. The molecule has 0 aliphatic rings. The van der Waals surface area contributed by atoms with Crippen LogP contribution in [0.4, 0.5) is 10.1 Å². The van der Waals surface area contributed by atoms with E-state index in [0.717, 1.165) is 15.4 Å². The minimum Gasteiger partial charge on any atom is -0.494 e. The summed E-state index contributed by atoms with van der Waals surface area (Å²) in [4.78, 5) is 29.9. The number of nitrogens with one attached hydrogen (secondary N) is 1. The maximum Gasteiger partial charge on any atom is 0.264 e. The zero-order valence-corrected chi connectivity index (χ0v) is 28.3. The van der Waals surface area contributed by atoms with Crippen LogP contribution in [0, 0.1) is 12.7 Å². The van der Waals surface area contributed by atoms with Crippen LogP contribution in [0.15, 0.2) is 108 Å². The van der Waals surface area contributed by atoms with Gasteiger partial charge in [-0.05, 0) is 94.3 Å². The SMILES string of the molecule is CCOc1ccc(N(CC(=O)N(Cc2ccc(F)cc2)[C@@H](Cc2ccccc2)C(=O)NC(C)(C)C)S(=O)(=O)c2ccc(C)cc2)cc1. The maximum atomic E-state index is 14.5. The third kappa shape index (κ3) is 9.65. The summed E-state index contributed by atoms with van der Waals surface area (Å²) in [6, 6.07) is 26.8. The molecule has 0 saturated heterocycles. The van der Waals surface area contributed by atoms with E-state index in [9.17, 15) is 22.4 Å². The van der Waals surface area contributed by atoms with Gasteiger partial charge in [-0.25, -0.2) is 12.8 Å². The average molecular weight is 660 g/mol. The van der Waals surface area contributed by atoms with Crippen LogP contribution in [-0.4, -0.2) is 49.9 Å². The van der Waals surface area contributed by atoms with E-state index >= 15 is 0 Å². The van der Waals surface area contributed by atoms with Gasteiger partial charge in [0.05, 0.1) is 17.2 Å². The van der Waals surface area contributed by atoms with Crippen LogP contribution in [-0.2, 0) is 32.6 Å². The van der Waals surface area contributed by atoms with Gasteiger partial charge in [-0.1, -0.05) is 60.2 Å². The molecule has 4 aromatic rings. The Morgan fingerprint density at radius 1 is 0.851 bits per heavy atom. The number of amides is 2. The van der Waals surface area contributed by atoms with E-state index in [0.29, 0.717) is 17.9 Å². The van der Waals surface area contributed by atoms with E-state index in [2.05, 4.69) is 5.32 Å². The molecule has 0 spiro atoms. The van der Waals surface area contributed by atoms with Crippen LogP contribution in [0.3, 0.4) is 0 Å². The van der Waals surface area contributed by atoms with E-state index in [4.69, 9.17) is 4.74 Å². The first-order chi connectivity index (χ1) is 22.3. The minimum atomic E-state index is -4.24. The van der Waals surface area contributed by atoms with Gasteiger partial charge in [-0.2, -0.15) is 0 Å². The molecule has 2 amide bonds. The molecule has 0 bridgehead atoms. The fraction of sp³-hybridized carbons (Fsp3) is 0.297. The molecular weight excluding hydrogens is 617 g/mol. The highest BCUT2D eigenvalue weighted by atomic mass is 32.2. The van der Waals surface area contributed by atoms with Gasteiger partial charge in [0, 0.05) is 18.5 Å². The van der Waals surface area contributed by atoms with Gasteiger partial charge in [0.15, 0.2) is 0 Å². The molecule has 0 radical (unpaired) electrons. The molecule has 4 aromatic carbocycles. The molecule has 10 heteroatoms. The second kappa shape index (κ2) is 15.3. The fourth-order valence-corrected chi connectivity index (χ4v) is 6.45. The highest BCUT2D eigenvalue weighted by Gasteiger charge is 2.35. The number of aryl methyl sites for hydroxylation is 1. The lowest BCUT2D eigenvalue weighted by Gasteiger charge is -2.35. The lowest BCUT2D eigenvalue weighted by molar-refractivity contribution is -0.140. The van der Waals surface area contributed by atoms with Gasteiger partial charge in [-0.15, -0.1) is 0 Å². The molecule has 0 fully saturated rings. The Balaban J connectivity index is 1.81. The van der Waals surface area contributed by atoms with Crippen molar-refractivity contribution in [3.05, 3.63) is 126 Å². The van der Waals surface area contributed by atoms with E-state index in [1.54, 1.807) is 48.5 Å². The molecule has 0 saturated carbocycles. The first kappa shape index (κ1) is 35.2. The Hall–Kier alpha value is -4.70. The van der Waals surface area contributed by atoms with Gasteiger partial charge < -0.3 is 15.0 Å². The molecule has 0 aliphatic heterocycles. The highest BCUT2D eigenvalue weighted by molar-refractivity contribution is 7.92. The molecule has 248 valence electrons. The molecule has 1 atom stereocenters. The third-order valence-electron chi connectivity index (χ3n) is 7.36. The summed E-state index contributed by atoms with van der Waals surface area (Å²) in [6.45, 7) is 9.01. The van der Waals surface area contributed by atoms with Gasteiger partial charge in [-0.3, -0.25) is 13.9 Å². The van der Waals surface area contributed by atoms with E-state index < -0.39 is 45.8 Å². The topological polar surface area (TPSA) is 96.0 Å². The number of hydrogen-bond donors (Lipinski definition) is 1. The second-order valence-corrected chi connectivity index (χ2v) is 14.2. The van der Waals surface area contributed by atoms with Crippen LogP contribution in [0.25, 0.3) is 0 Å². The Bertz CT molecular complexity index is 1740. The number of carbonyl (C=O) groups excluding carboxylic acids is 2. The Kier molecular flexibility index (Phi) is 11.4. The minimum absolute atomic E-state index is 0.0150. The lowest BCUT2D eigenvalue weighted by Crippen LogP contribution is -2.56. The van der Waals surface area contributed by atoms with Crippen molar-refractivity contribution in [2.45, 2.75) is 64.1 Å². The normalized spacial score (nSPS) is 12.2. The largest absolute Gasteiger partial charge is 0.494 e. The van der Waals surface area contributed by atoms with E-state index in [1.807, 2.05) is 65.0 Å². The Labute approximate surface area is 277 Å². The standard InChI is InChI=1S/C37H42FN3O5S/c1-6-46-32-20-18-31(19-21-32)41(47(44,45)33-22-12-27(2)13-23-33)26-35(42)40(25-29-14-16-30(38)17-15-29)34(36(43)39-37(3,4)5)24-28-10-8-7-9-11-28/h7-23,34H,6,24-26H2,1-5H3,(H,39,43)/t34-/m0/s1. The fourth-order valence-electron chi connectivity index (χ4n) is 5.03. The zero-order chi connectivity index (χ0) is 34.2. The number of halogens is 1. The van der Waals surface area contributed by atoms with E-state index in [-0.39, 0.29) is 23.5 Å². The predicted molar refractivity (Wildman–Crippen MR) is 182 cm³/mol. The van der Waals surface area contributed by atoms with Crippen LogP contribution < -0.4 is 14.4 Å². The van der Waals surface area contributed by atoms with Crippen molar-refractivity contribution in [2.24, 2.45) is 0 Å². The third-order valence-corrected chi connectivity index (χ3v) is 9.15. The number of anilines is 1. The summed E-state index contributed by atoms with van der Waals surface area (Å²) in [7, 11) is -4.24. The second-order valence-electron chi connectivity index (χ2n) is 12.3. The number of hydrogen-bond acceptors (Lipinski definition) is 5. The quantitative estimate of drug-likeness (QED) is 0.182. The van der Waals surface area contributed by atoms with Crippen LogP contribution in [0.5, 0.6) is 5.75 Å². The van der Waals surface area contributed by atoms with Crippen molar-refractivity contribution in [2.75, 3.05) is 17.5 Å². The first-order valence-corrected chi connectivity index (χ1v) is 16.9. The van der Waals surface area contributed by atoms with Crippen LogP contribution in [0.2, 0.25) is 0 Å². The number of carbonyl (C=O) groups is 2. The zero-order valence-electron chi connectivity index (χ0n) is 27.4. The first-order valence-electron chi connectivity index (χ1n) is 15.5. The summed E-state index contributed by atoms with van der Waals surface area (Å²) < 4.78 is 48.9. The molecule has 1 N–H and O–H groups in total. The van der Waals surface area contributed by atoms with Gasteiger partial charge in [0.2, 0.25) is 11.8 Å². The summed E-state index contributed by atoms with van der Waals surface area (Å²) in [5, 5.41) is 3.00. The highest BCUT2D eigenvalue weighted by Crippen LogP contribution is 2.27. The smallest absolute Gasteiger partial charge is 0.264 e. The van der Waals surface area contributed by atoms with Crippen molar-refractivity contribution in [3.63, 3.8) is 0 Å². The molecule has 8 nitrogen and oxygen atoms in total. The monoisotopic (exact) mass is 659 g/mol.